The fourth-order valence-corrected chi connectivity index (χ4v) is 1.40. The third-order valence-corrected chi connectivity index (χ3v) is 2.99. The fourth-order valence-electron chi connectivity index (χ4n) is 0.884. The molecule has 1 aromatic carbocycles. The van der Waals surface area contributed by atoms with Crippen molar-refractivity contribution in [3.63, 3.8) is 0 Å². The molecule has 0 heterocycles. The van der Waals surface area contributed by atoms with Gasteiger partial charge in [0.25, 0.3) is 0 Å². The van der Waals surface area contributed by atoms with Crippen LogP contribution < -0.4 is 0 Å². The lowest BCUT2D eigenvalue weighted by Crippen LogP contribution is -2.23. The Balaban J connectivity index is 2.90. The Kier molecular flexibility index (Phi) is 3.92. The molecular formula is C9H7ClO2S2. The third kappa shape index (κ3) is 2.70. The van der Waals surface area contributed by atoms with E-state index in [0.717, 1.165) is 0 Å². The summed E-state index contributed by atoms with van der Waals surface area (Å²) in [6, 6.07) is 6.67. The zero-order chi connectivity index (χ0) is 10.7. The highest BCUT2D eigenvalue weighted by Gasteiger charge is 2.18. The maximum absolute atomic E-state index is 10.6. The number of carboxylic acid groups (broad SMARTS) is 1. The minimum atomic E-state index is -1.05. The summed E-state index contributed by atoms with van der Waals surface area (Å²) in [7, 11) is 0. The molecule has 0 saturated heterocycles. The second kappa shape index (κ2) is 4.77. The lowest BCUT2D eigenvalue weighted by molar-refractivity contribution is -0.135. The van der Waals surface area contributed by atoms with Gasteiger partial charge in [0.05, 0.1) is 0 Å². The number of carboxylic acids is 1. The standard InChI is InChI=1S/C9H7ClO2S2/c10-6-3-1-5(2-4-6)7(13)8(14)9(11)12/h1-4,8,14H,(H,11,12). The number of thiol groups is 1. The van der Waals surface area contributed by atoms with Crippen LogP contribution in [0.25, 0.3) is 0 Å². The van der Waals surface area contributed by atoms with E-state index in [2.05, 4.69) is 12.6 Å². The van der Waals surface area contributed by atoms with E-state index < -0.39 is 11.2 Å². The number of aliphatic carboxylic acids is 1. The van der Waals surface area contributed by atoms with E-state index in [1.807, 2.05) is 0 Å². The number of thiocarbonyl (C=S) groups is 1. The van der Waals surface area contributed by atoms with E-state index in [-0.39, 0.29) is 4.86 Å². The first-order valence-corrected chi connectivity index (χ1v) is 5.03. The largest absolute Gasteiger partial charge is 0.480 e. The Morgan fingerprint density at radius 1 is 1.43 bits per heavy atom. The van der Waals surface area contributed by atoms with Gasteiger partial charge in [-0.25, -0.2) is 0 Å². The van der Waals surface area contributed by atoms with Gasteiger partial charge >= 0.3 is 5.97 Å². The Hall–Kier alpha value is -0.580. The Labute approximate surface area is 97.3 Å². The molecule has 74 valence electrons. The van der Waals surface area contributed by atoms with E-state index in [9.17, 15) is 4.79 Å². The van der Waals surface area contributed by atoms with Crippen molar-refractivity contribution in [3.8, 4) is 0 Å². The van der Waals surface area contributed by atoms with Crippen LogP contribution in [0.5, 0.6) is 0 Å². The molecule has 1 aromatic rings. The molecule has 14 heavy (non-hydrogen) atoms. The van der Waals surface area contributed by atoms with Gasteiger partial charge in [0.15, 0.2) is 0 Å². The predicted octanol–water partition coefficient (Wildman–Crippen LogP) is 2.44. The van der Waals surface area contributed by atoms with Gasteiger partial charge in [0.2, 0.25) is 0 Å². The average Bonchev–Trinajstić information content (AvgIpc) is 2.16. The van der Waals surface area contributed by atoms with Gasteiger partial charge < -0.3 is 5.11 Å². The number of rotatable bonds is 3. The molecule has 0 radical (unpaired) electrons. The van der Waals surface area contributed by atoms with Gasteiger partial charge in [-0.15, -0.1) is 0 Å². The lowest BCUT2D eigenvalue weighted by Gasteiger charge is -2.07. The lowest BCUT2D eigenvalue weighted by atomic mass is 10.1. The summed E-state index contributed by atoms with van der Waals surface area (Å²) in [5.41, 5.74) is 0.659. The number of benzene rings is 1. The van der Waals surface area contributed by atoms with Crippen molar-refractivity contribution >= 4 is 47.3 Å². The summed E-state index contributed by atoms with van der Waals surface area (Å²) in [5.74, 6) is -1.05. The first-order chi connectivity index (χ1) is 6.52. The zero-order valence-electron chi connectivity index (χ0n) is 6.98. The van der Waals surface area contributed by atoms with Crippen molar-refractivity contribution in [1.29, 1.82) is 0 Å². The topological polar surface area (TPSA) is 37.3 Å². The summed E-state index contributed by atoms with van der Waals surface area (Å²) in [4.78, 5) is 10.9. The second-order valence-corrected chi connectivity index (χ2v) is 4.00. The summed E-state index contributed by atoms with van der Waals surface area (Å²) >= 11 is 14.5. The Morgan fingerprint density at radius 3 is 2.36 bits per heavy atom. The molecule has 0 aliphatic heterocycles. The number of carbonyl (C=O) groups is 1. The van der Waals surface area contributed by atoms with E-state index >= 15 is 0 Å². The highest BCUT2D eigenvalue weighted by atomic mass is 35.5. The van der Waals surface area contributed by atoms with Crippen LogP contribution >= 0.6 is 36.4 Å². The Morgan fingerprint density at radius 2 is 1.93 bits per heavy atom. The van der Waals surface area contributed by atoms with Crippen LogP contribution in [0.4, 0.5) is 0 Å². The molecule has 1 N–H and O–H groups in total. The van der Waals surface area contributed by atoms with Gasteiger partial charge in [0.1, 0.15) is 5.25 Å². The van der Waals surface area contributed by atoms with Crippen molar-refractivity contribution in [3.05, 3.63) is 34.9 Å². The Bertz CT molecular complexity index is 362. The molecule has 2 nitrogen and oxygen atoms in total. The average molecular weight is 247 g/mol. The molecule has 0 fully saturated rings. The maximum Gasteiger partial charge on any atom is 0.321 e. The molecule has 0 aromatic heterocycles. The molecule has 1 rings (SSSR count). The summed E-state index contributed by atoms with van der Waals surface area (Å²) in [6.07, 6.45) is 0. The third-order valence-electron chi connectivity index (χ3n) is 1.61. The zero-order valence-corrected chi connectivity index (χ0v) is 9.44. The van der Waals surface area contributed by atoms with Crippen molar-refractivity contribution < 1.29 is 9.90 Å². The van der Waals surface area contributed by atoms with Gasteiger partial charge in [0, 0.05) is 9.89 Å². The van der Waals surface area contributed by atoms with E-state index in [1.165, 1.54) is 0 Å². The molecule has 0 saturated carbocycles. The minimum absolute atomic E-state index is 0.289. The summed E-state index contributed by atoms with van der Waals surface area (Å²) in [5, 5.41) is 8.31. The van der Waals surface area contributed by atoms with Gasteiger partial charge in [-0.1, -0.05) is 36.0 Å². The number of halogens is 1. The van der Waals surface area contributed by atoms with Crippen LogP contribution in [0, 0.1) is 0 Å². The second-order valence-electron chi connectivity index (χ2n) is 2.61. The van der Waals surface area contributed by atoms with Crippen molar-refractivity contribution in [2.24, 2.45) is 0 Å². The molecule has 1 unspecified atom stereocenters. The smallest absolute Gasteiger partial charge is 0.321 e. The van der Waals surface area contributed by atoms with Crippen molar-refractivity contribution in [1.82, 2.24) is 0 Å². The van der Waals surface area contributed by atoms with Gasteiger partial charge in [-0.2, -0.15) is 12.6 Å². The van der Waals surface area contributed by atoms with Gasteiger partial charge in [-0.05, 0) is 17.7 Å². The minimum Gasteiger partial charge on any atom is -0.480 e. The van der Waals surface area contributed by atoms with E-state index in [0.29, 0.717) is 10.6 Å². The van der Waals surface area contributed by atoms with Crippen LogP contribution in [-0.2, 0) is 4.79 Å². The monoisotopic (exact) mass is 246 g/mol. The molecule has 0 aliphatic carbocycles. The molecule has 0 aliphatic rings. The van der Waals surface area contributed by atoms with Gasteiger partial charge in [-0.3, -0.25) is 4.79 Å². The highest BCUT2D eigenvalue weighted by Crippen LogP contribution is 2.14. The maximum atomic E-state index is 10.6. The highest BCUT2D eigenvalue weighted by molar-refractivity contribution is 7.87. The molecule has 1 atom stereocenters. The van der Waals surface area contributed by atoms with Crippen molar-refractivity contribution in [2.75, 3.05) is 0 Å². The number of hydrogen-bond donors (Lipinski definition) is 2. The molecule has 0 amide bonds. The van der Waals surface area contributed by atoms with Crippen LogP contribution in [0.2, 0.25) is 5.02 Å². The molecule has 0 bridgehead atoms. The molecule has 5 heteroatoms. The van der Waals surface area contributed by atoms with Crippen LogP contribution in [0.15, 0.2) is 24.3 Å². The molecular weight excluding hydrogens is 240 g/mol. The van der Waals surface area contributed by atoms with Crippen LogP contribution in [0.3, 0.4) is 0 Å². The van der Waals surface area contributed by atoms with Crippen LogP contribution in [-0.4, -0.2) is 21.2 Å². The van der Waals surface area contributed by atoms with Crippen molar-refractivity contribution in [2.45, 2.75) is 5.25 Å². The van der Waals surface area contributed by atoms with E-state index in [4.69, 9.17) is 28.9 Å². The first kappa shape index (κ1) is 11.5. The van der Waals surface area contributed by atoms with E-state index in [1.54, 1.807) is 24.3 Å². The van der Waals surface area contributed by atoms with Crippen LogP contribution in [0.1, 0.15) is 5.56 Å². The first-order valence-electron chi connectivity index (χ1n) is 3.73. The normalized spacial score (nSPS) is 12.1. The number of hydrogen-bond acceptors (Lipinski definition) is 3. The fraction of sp³-hybridized carbons (Fsp3) is 0.111. The summed E-state index contributed by atoms with van der Waals surface area (Å²) < 4.78 is 0. The predicted molar refractivity (Wildman–Crippen MR) is 63.6 cm³/mol. The SMILES string of the molecule is O=C(O)C(S)C(=S)c1ccc(Cl)cc1. The quantitative estimate of drug-likeness (QED) is 0.489. The summed E-state index contributed by atoms with van der Waals surface area (Å²) in [6.45, 7) is 0. The molecule has 0 spiro atoms.